The van der Waals surface area contributed by atoms with Gasteiger partial charge in [0.2, 0.25) is 0 Å². The van der Waals surface area contributed by atoms with Crippen molar-refractivity contribution in [2.45, 2.75) is 52.0 Å². The molecule has 0 unspecified atom stereocenters. The van der Waals surface area contributed by atoms with Crippen LogP contribution in [0.1, 0.15) is 44.7 Å². The zero-order valence-electron chi connectivity index (χ0n) is 9.65. The van der Waals surface area contributed by atoms with E-state index in [4.69, 9.17) is 5.73 Å². The molecule has 0 aliphatic heterocycles. The maximum atomic E-state index is 5.47. The first-order valence-electron chi connectivity index (χ1n) is 5.96. The first kappa shape index (κ1) is 12.2. The minimum Gasteiger partial charge on any atom is -0.330 e. The molecule has 0 bridgehead atoms. The Bertz CT molecular complexity index is 257. The third-order valence-corrected chi connectivity index (χ3v) is 2.56. The average molecular weight is 210 g/mol. The van der Waals surface area contributed by atoms with E-state index in [9.17, 15) is 0 Å². The van der Waals surface area contributed by atoms with Crippen LogP contribution in [-0.2, 0) is 13.0 Å². The maximum Gasteiger partial charge on any atom is 0.0725 e. The lowest BCUT2D eigenvalue weighted by molar-refractivity contribution is 0.533. The molecule has 1 aromatic heterocycles. The molecule has 15 heavy (non-hydrogen) atoms. The van der Waals surface area contributed by atoms with Crippen LogP contribution in [0.5, 0.6) is 0 Å². The molecule has 0 radical (unpaired) electrons. The smallest absolute Gasteiger partial charge is 0.0725 e. The fourth-order valence-corrected chi connectivity index (χ4v) is 1.63. The van der Waals surface area contributed by atoms with Gasteiger partial charge in [0.1, 0.15) is 0 Å². The summed E-state index contributed by atoms with van der Waals surface area (Å²) in [5.74, 6) is 0. The second kappa shape index (κ2) is 7.40. The molecule has 0 fully saturated rings. The van der Waals surface area contributed by atoms with Gasteiger partial charge in [0.25, 0.3) is 0 Å². The van der Waals surface area contributed by atoms with Crippen LogP contribution >= 0.6 is 0 Å². The van der Waals surface area contributed by atoms with Crippen LogP contribution in [-0.4, -0.2) is 21.5 Å². The van der Waals surface area contributed by atoms with Crippen LogP contribution in [0.4, 0.5) is 0 Å². The Hall–Kier alpha value is -0.900. The lowest BCUT2D eigenvalue weighted by atomic mass is 10.1. The van der Waals surface area contributed by atoms with Gasteiger partial charge in [-0.15, -0.1) is 5.10 Å². The molecule has 0 atom stereocenters. The van der Waals surface area contributed by atoms with Gasteiger partial charge in [-0.25, -0.2) is 4.68 Å². The number of hydrogen-bond donors (Lipinski definition) is 1. The molecule has 86 valence electrons. The van der Waals surface area contributed by atoms with Crippen molar-refractivity contribution in [2.75, 3.05) is 6.54 Å². The van der Waals surface area contributed by atoms with Crippen molar-refractivity contribution in [1.82, 2.24) is 15.0 Å². The van der Waals surface area contributed by atoms with Crippen molar-refractivity contribution in [3.05, 3.63) is 11.9 Å². The van der Waals surface area contributed by atoms with Crippen LogP contribution in [0.25, 0.3) is 0 Å². The number of nitrogens with zero attached hydrogens (tertiary/aromatic N) is 3. The zero-order chi connectivity index (χ0) is 10.9. The summed E-state index contributed by atoms with van der Waals surface area (Å²) in [5.41, 5.74) is 6.72. The first-order chi connectivity index (χ1) is 7.38. The van der Waals surface area contributed by atoms with E-state index in [0.717, 1.165) is 25.9 Å². The van der Waals surface area contributed by atoms with Gasteiger partial charge >= 0.3 is 0 Å². The van der Waals surface area contributed by atoms with E-state index in [1.165, 1.54) is 31.4 Å². The molecule has 4 nitrogen and oxygen atoms in total. The third-order valence-electron chi connectivity index (χ3n) is 2.56. The molecule has 0 aliphatic carbocycles. The number of aryl methyl sites for hydroxylation is 2. The predicted molar refractivity (Wildman–Crippen MR) is 61.5 cm³/mol. The monoisotopic (exact) mass is 210 g/mol. The van der Waals surface area contributed by atoms with Crippen LogP contribution in [0.15, 0.2) is 6.20 Å². The fourth-order valence-electron chi connectivity index (χ4n) is 1.63. The number of unbranched alkanes of at least 4 members (excludes halogenated alkanes) is 3. The normalized spacial score (nSPS) is 10.8. The van der Waals surface area contributed by atoms with E-state index in [2.05, 4.69) is 17.2 Å². The van der Waals surface area contributed by atoms with Crippen molar-refractivity contribution in [3.63, 3.8) is 0 Å². The van der Waals surface area contributed by atoms with Gasteiger partial charge in [0.15, 0.2) is 0 Å². The van der Waals surface area contributed by atoms with E-state index < -0.39 is 0 Å². The van der Waals surface area contributed by atoms with Crippen LogP contribution in [0.3, 0.4) is 0 Å². The Morgan fingerprint density at radius 1 is 1.27 bits per heavy atom. The molecule has 4 heteroatoms. The summed E-state index contributed by atoms with van der Waals surface area (Å²) in [7, 11) is 0. The Morgan fingerprint density at radius 2 is 2.13 bits per heavy atom. The molecule has 0 saturated heterocycles. The Balaban J connectivity index is 2.29. The highest BCUT2D eigenvalue weighted by Gasteiger charge is 2.02. The molecular weight excluding hydrogens is 188 g/mol. The molecule has 1 heterocycles. The van der Waals surface area contributed by atoms with Crippen molar-refractivity contribution in [1.29, 1.82) is 0 Å². The molecule has 1 rings (SSSR count). The Labute approximate surface area is 91.9 Å². The largest absolute Gasteiger partial charge is 0.330 e. The van der Waals surface area contributed by atoms with Gasteiger partial charge in [-0.1, -0.05) is 31.4 Å². The number of rotatable bonds is 8. The summed E-state index contributed by atoms with van der Waals surface area (Å²) in [5, 5.41) is 8.01. The fraction of sp³-hybridized carbons (Fsp3) is 0.818. The minimum absolute atomic E-state index is 0.717. The highest BCUT2D eigenvalue weighted by Crippen LogP contribution is 2.06. The van der Waals surface area contributed by atoms with Crippen LogP contribution in [0.2, 0.25) is 0 Å². The lowest BCUT2D eigenvalue weighted by Crippen LogP contribution is -2.09. The van der Waals surface area contributed by atoms with Gasteiger partial charge in [0.05, 0.1) is 11.9 Å². The molecular formula is C11H22N4. The van der Waals surface area contributed by atoms with Crippen molar-refractivity contribution < 1.29 is 0 Å². The maximum absolute atomic E-state index is 5.47. The molecule has 2 N–H and O–H groups in total. The second-order valence-corrected chi connectivity index (χ2v) is 3.90. The van der Waals surface area contributed by atoms with Gasteiger partial charge < -0.3 is 5.73 Å². The summed E-state index contributed by atoms with van der Waals surface area (Å²) >= 11 is 0. The van der Waals surface area contributed by atoms with Gasteiger partial charge in [-0.05, 0) is 25.8 Å². The highest BCUT2D eigenvalue weighted by atomic mass is 15.4. The zero-order valence-corrected chi connectivity index (χ0v) is 9.65. The van der Waals surface area contributed by atoms with Crippen molar-refractivity contribution in [3.8, 4) is 0 Å². The number of hydrogen-bond acceptors (Lipinski definition) is 3. The van der Waals surface area contributed by atoms with Gasteiger partial charge in [-0.3, -0.25) is 0 Å². The molecule has 0 aliphatic rings. The Morgan fingerprint density at radius 3 is 2.87 bits per heavy atom. The third kappa shape index (κ3) is 4.42. The topological polar surface area (TPSA) is 56.7 Å². The van der Waals surface area contributed by atoms with Crippen LogP contribution in [0, 0.1) is 0 Å². The molecule has 0 spiro atoms. The number of nitrogens with two attached hydrogens (primary N) is 1. The summed E-state index contributed by atoms with van der Waals surface area (Å²) < 4.78 is 1.98. The Kier molecular flexibility index (Phi) is 6.00. The molecule has 0 amide bonds. The van der Waals surface area contributed by atoms with E-state index in [-0.39, 0.29) is 0 Å². The minimum atomic E-state index is 0.717. The van der Waals surface area contributed by atoms with Crippen molar-refractivity contribution in [2.24, 2.45) is 5.73 Å². The van der Waals surface area contributed by atoms with Gasteiger partial charge in [-0.2, -0.15) is 0 Å². The van der Waals surface area contributed by atoms with Crippen LogP contribution < -0.4 is 5.73 Å². The SMILES string of the molecule is CCCCCCc1cnnn1CCCN. The lowest BCUT2D eigenvalue weighted by Gasteiger charge is -2.04. The van der Waals surface area contributed by atoms with E-state index in [1.807, 2.05) is 10.9 Å². The van der Waals surface area contributed by atoms with E-state index in [1.54, 1.807) is 0 Å². The first-order valence-corrected chi connectivity index (χ1v) is 5.96. The summed E-state index contributed by atoms with van der Waals surface area (Å²) in [6.07, 6.45) is 9.10. The number of aromatic nitrogens is 3. The van der Waals surface area contributed by atoms with E-state index in [0.29, 0.717) is 0 Å². The van der Waals surface area contributed by atoms with Gasteiger partial charge in [0, 0.05) is 6.54 Å². The molecule has 0 aromatic carbocycles. The molecule has 0 saturated carbocycles. The van der Waals surface area contributed by atoms with Crippen molar-refractivity contribution >= 4 is 0 Å². The second-order valence-electron chi connectivity index (χ2n) is 3.90. The standard InChI is InChI=1S/C11H22N4/c1-2-3-4-5-7-11-10-13-14-15(11)9-6-8-12/h10H,2-9,12H2,1H3. The summed E-state index contributed by atoms with van der Waals surface area (Å²) in [6.45, 7) is 3.85. The molecule has 1 aromatic rings. The quantitative estimate of drug-likeness (QED) is 0.665. The van der Waals surface area contributed by atoms with E-state index >= 15 is 0 Å². The summed E-state index contributed by atoms with van der Waals surface area (Å²) in [4.78, 5) is 0. The average Bonchev–Trinajstić information content (AvgIpc) is 2.69. The summed E-state index contributed by atoms with van der Waals surface area (Å²) in [6, 6.07) is 0. The predicted octanol–water partition coefficient (Wildman–Crippen LogP) is 1.75. The highest BCUT2D eigenvalue weighted by molar-refractivity contribution is 4.93.